The van der Waals surface area contributed by atoms with Crippen LogP contribution >= 0.6 is 0 Å². The molecule has 2 heterocycles. The van der Waals surface area contributed by atoms with E-state index in [9.17, 15) is 4.79 Å². The maximum Gasteiger partial charge on any atom is 0.274 e. The Morgan fingerprint density at radius 3 is 2.47 bits per heavy atom. The van der Waals surface area contributed by atoms with Crippen LogP contribution in [0.1, 0.15) is 43.4 Å². The van der Waals surface area contributed by atoms with E-state index < -0.39 is 0 Å². The molecule has 1 fully saturated rings. The molecule has 1 aromatic heterocycles. The Morgan fingerprint density at radius 2 is 2.05 bits per heavy atom. The fourth-order valence-electron chi connectivity index (χ4n) is 2.73. The minimum atomic E-state index is 0.00681. The van der Waals surface area contributed by atoms with Crippen molar-refractivity contribution < 1.29 is 4.79 Å². The maximum atomic E-state index is 12.6. The Bertz CT molecular complexity index is 498. The monoisotopic (exact) mass is 264 g/mol. The van der Waals surface area contributed by atoms with Crippen LogP contribution in [0.2, 0.25) is 0 Å². The summed E-state index contributed by atoms with van der Waals surface area (Å²) in [6.45, 7) is 10.1. The second-order valence-electron chi connectivity index (χ2n) is 6.57. The van der Waals surface area contributed by atoms with E-state index in [4.69, 9.17) is 5.73 Å². The first kappa shape index (κ1) is 13.9. The number of likely N-dealkylation sites (tertiary alicyclic amines) is 1. The Kier molecular flexibility index (Phi) is 3.32. The van der Waals surface area contributed by atoms with E-state index >= 15 is 0 Å². The van der Waals surface area contributed by atoms with Crippen LogP contribution in [-0.2, 0) is 7.05 Å². The Labute approximate surface area is 114 Å². The normalized spacial score (nSPS) is 20.1. The summed E-state index contributed by atoms with van der Waals surface area (Å²) >= 11 is 0. The van der Waals surface area contributed by atoms with Crippen LogP contribution in [0.3, 0.4) is 0 Å². The molecule has 1 atom stereocenters. The van der Waals surface area contributed by atoms with Gasteiger partial charge in [0.05, 0.1) is 11.4 Å². The molecule has 1 aliphatic rings. The lowest BCUT2D eigenvalue weighted by atomic mass is 9.80. The highest BCUT2D eigenvalue weighted by Gasteiger charge is 2.35. The molecule has 1 amide bonds. The first-order valence-electron chi connectivity index (χ1n) is 6.80. The third kappa shape index (κ3) is 2.46. The van der Waals surface area contributed by atoms with E-state index in [0.29, 0.717) is 17.3 Å². The zero-order chi connectivity index (χ0) is 14.4. The average Bonchev–Trinajstić information content (AvgIpc) is 2.84. The first-order valence-corrected chi connectivity index (χ1v) is 6.80. The van der Waals surface area contributed by atoms with Gasteiger partial charge in [-0.15, -0.1) is 0 Å². The molecular formula is C14H24N4O. The standard InChI is InChI=1S/C14H24N4O/c1-9-11(15)12(17(5)16-9)13(19)18-7-6-10(8-18)14(2,3)4/h10H,6-8,15H2,1-5H3. The number of nitrogens with zero attached hydrogens (tertiary/aromatic N) is 3. The first-order chi connectivity index (χ1) is 8.71. The lowest BCUT2D eigenvalue weighted by Gasteiger charge is -2.27. The fourth-order valence-corrected chi connectivity index (χ4v) is 2.73. The quantitative estimate of drug-likeness (QED) is 0.841. The Hall–Kier alpha value is -1.52. The molecule has 1 unspecified atom stereocenters. The summed E-state index contributed by atoms with van der Waals surface area (Å²) in [4.78, 5) is 14.5. The van der Waals surface area contributed by atoms with Crippen LogP contribution in [-0.4, -0.2) is 33.7 Å². The molecule has 0 saturated carbocycles. The van der Waals surface area contributed by atoms with Gasteiger partial charge in [0.2, 0.25) is 0 Å². The predicted molar refractivity (Wildman–Crippen MR) is 75.8 cm³/mol. The highest BCUT2D eigenvalue weighted by molar-refractivity contribution is 5.98. The van der Waals surface area contributed by atoms with Crippen molar-refractivity contribution in [2.24, 2.45) is 18.4 Å². The van der Waals surface area contributed by atoms with Crippen molar-refractivity contribution >= 4 is 11.6 Å². The third-order valence-electron chi connectivity index (χ3n) is 4.17. The lowest BCUT2D eigenvalue weighted by Crippen LogP contribution is -2.32. The zero-order valence-corrected chi connectivity index (χ0v) is 12.5. The predicted octanol–water partition coefficient (Wildman–Crippen LogP) is 1.82. The molecule has 0 spiro atoms. The van der Waals surface area contributed by atoms with Crippen molar-refractivity contribution in [2.45, 2.75) is 34.1 Å². The van der Waals surface area contributed by atoms with Crippen LogP contribution in [0.5, 0.6) is 0 Å². The van der Waals surface area contributed by atoms with Crippen LogP contribution in [0.15, 0.2) is 0 Å². The molecule has 0 aliphatic carbocycles. The van der Waals surface area contributed by atoms with Crippen LogP contribution < -0.4 is 5.73 Å². The fraction of sp³-hybridized carbons (Fsp3) is 0.714. The second kappa shape index (κ2) is 4.54. The van der Waals surface area contributed by atoms with Gasteiger partial charge in [-0.1, -0.05) is 20.8 Å². The van der Waals surface area contributed by atoms with E-state index in [1.807, 2.05) is 11.8 Å². The molecule has 19 heavy (non-hydrogen) atoms. The minimum absolute atomic E-state index is 0.00681. The summed E-state index contributed by atoms with van der Waals surface area (Å²) in [6, 6.07) is 0. The topological polar surface area (TPSA) is 64.2 Å². The molecule has 0 aromatic carbocycles. The Morgan fingerprint density at radius 1 is 1.42 bits per heavy atom. The lowest BCUT2D eigenvalue weighted by molar-refractivity contribution is 0.0767. The van der Waals surface area contributed by atoms with Gasteiger partial charge in [0.1, 0.15) is 5.69 Å². The summed E-state index contributed by atoms with van der Waals surface area (Å²) in [6.07, 6.45) is 1.06. The number of rotatable bonds is 1. The van der Waals surface area contributed by atoms with Crippen molar-refractivity contribution in [3.05, 3.63) is 11.4 Å². The zero-order valence-electron chi connectivity index (χ0n) is 12.5. The number of nitrogen functional groups attached to an aromatic ring is 1. The Balaban J connectivity index is 2.18. The van der Waals surface area contributed by atoms with Gasteiger partial charge in [0, 0.05) is 20.1 Å². The van der Waals surface area contributed by atoms with E-state index in [-0.39, 0.29) is 11.3 Å². The maximum absolute atomic E-state index is 12.6. The van der Waals surface area contributed by atoms with E-state index in [0.717, 1.165) is 25.2 Å². The summed E-state index contributed by atoms with van der Waals surface area (Å²) < 4.78 is 1.59. The summed E-state index contributed by atoms with van der Waals surface area (Å²) in [5.74, 6) is 0.555. The molecule has 1 aliphatic heterocycles. The third-order valence-corrected chi connectivity index (χ3v) is 4.17. The molecule has 5 nitrogen and oxygen atoms in total. The van der Waals surface area contributed by atoms with E-state index in [2.05, 4.69) is 25.9 Å². The number of aromatic nitrogens is 2. The van der Waals surface area contributed by atoms with Crippen molar-refractivity contribution in [3.8, 4) is 0 Å². The second-order valence-corrected chi connectivity index (χ2v) is 6.57. The average molecular weight is 264 g/mol. The number of carbonyl (C=O) groups excluding carboxylic acids is 1. The molecular weight excluding hydrogens is 240 g/mol. The molecule has 106 valence electrons. The number of amides is 1. The summed E-state index contributed by atoms with van der Waals surface area (Å²) in [5.41, 5.74) is 7.95. The molecule has 1 saturated heterocycles. The number of hydrogen-bond donors (Lipinski definition) is 1. The molecule has 2 rings (SSSR count). The van der Waals surface area contributed by atoms with Crippen LogP contribution in [0, 0.1) is 18.3 Å². The summed E-state index contributed by atoms with van der Waals surface area (Å²) in [7, 11) is 1.77. The number of nitrogens with two attached hydrogens (primary N) is 1. The van der Waals surface area contributed by atoms with Crippen molar-refractivity contribution in [1.82, 2.24) is 14.7 Å². The smallest absolute Gasteiger partial charge is 0.274 e. The van der Waals surface area contributed by atoms with Gasteiger partial charge in [-0.3, -0.25) is 9.48 Å². The number of carbonyl (C=O) groups is 1. The number of aryl methyl sites for hydroxylation is 2. The van der Waals surface area contributed by atoms with Crippen molar-refractivity contribution in [2.75, 3.05) is 18.8 Å². The van der Waals surface area contributed by atoms with Gasteiger partial charge in [-0.2, -0.15) is 5.10 Å². The van der Waals surface area contributed by atoms with E-state index in [1.165, 1.54) is 0 Å². The highest BCUT2D eigenvalue weighted by atomic mass is 16.2. The molecule has 0 bridgehead atoms. The van der Waals surface area contributed by atoms with Crippen molar-refractivity contribution in [1.29, 1.82) is 0 Å². The van der Waals surface area contributed by atoms with Crippen LogP contribution in [0.4, 0.5) is 5.69 Å². The van der Waals surface area contributed by atoms with Crippen LogP contribution in [0.25, 0.3) is 0 Å². The minimum Gasteiger partial charge on any atom is -0.395 e. The SMILES string of the molecule is Cc1nn(C)c(C(=O)N2CCC(C(C)(C)C)C2)c1N. The summed E-state index contributed by atoms with van der Waals surface area (Å²) in [5, 5.41) is 4.22. The van der Waals surface area contributed by atoms with Gasteiger partial charge in [-0.05, 0) is 24.7 Å². The highest BCUT2D eigenvalue weighted by Crippen LogP contribution is 2.34. The van der Waals surface area contributed by atoms with Gasteiger partial charge >= 0.3 is 0 Å². The molecule has 5 heteroatoms. The van der Waals surface area contributed by atoms with E-state index in [1.54, 1.807) is 11.7 Å². The molecule has 2 N–H and O–H groups in total. The van der Waals surface area contributed by atoms with Gasteiger partial charge in [0.15, 0.2) is 0 Å². The van der Waals surface area contributed by atoms with Gasteiger partial charge in [0.25, 0.3) is 5.91 Å². The molecule has 0 radical (unpaired) electrons. The molecule has 1 aromatic rings. The number of anilines is 1. The van der Waals surface area contributed by atoms with Gasteiger partial charge < -0.3 is 10.6 Å². The largest absolute Gasteiger partial charge is 0.395 e. The van der Waals surface area contributed by atoms with Gasteiger partial charge in [-0.25, -0.2) is 0 Å². The van der Waals surface area contributed by atoms with Crippen molar-refractivity contribution in [3.63, 3.8) is 0 Å². The number of hydrogen-bond acceptors (Lipinski definition) is 3.